The van der Waals surface area contributed by atoms with Gasteiger partial charge >= 0.3 is 0 Å². The summed E-state index contributed by atoms with van der Waals surface area (Å²) in [7, 11) is 2.23. The summed E-state index contributed by atoms with van der Waals surface area (Å²) in [5.41, 5.74) is 2.82. The molecular formula is C15H22O2Si. The lowest BCUT2D eigenvalue weighted by molar-refractivity contribution is 0.105. The molecule has 0 fully saturated rings. The first-order valence-electron chi connectivity index (χ1n) is 6.33. The van der Waals surface area contributed by atoms with Crippen LogP contribution < -0.4 is 0 Å². The number of rotatable bonds is 8. The van der Waals surface area contributed by atoms with Crippen molar-refractivity contribution < 1.29 is 9.16 Å². The minimum atomic E-state index is 0.253. The molecule has 2 unspecified atom stereocenters. The van der Waals surface area contributed by atoms with E-state index in [-0.39, 0.29) is 6.10 Å². The number of methoxy groups -OCH3 is 1. The van der Waals surface area contributed by atoms with Crippen molar-refractivity contribution in [2.24, 2.45) is 0 Å². The van der Waals surface area contributed by atoms with Gasteiger partial charge in [0.05, 0.1) is 12.7 Å². The average Bonchev–Trinajstić information content (AvgIpc) is 2.43. The summed E-state index contributed by atoms with van der Waals surface area (Å²) in [6, 6.07) is 8.20. The zero-order valence-corrected chi connectivity index (χ0v) is 12.5. The van der Waals surface area contributed by atoms with E-state index in [1.807, 2.05) is 18.2 Å². The van der Waals surface area contributed by atoms with E-state index in [0.717, 1.165) is 12.0 Å². The highest BCUT2D eigenvalue weighted by Crippen LogP contribution is 2.18. The summed E-state index contributed by atoms with van der Waals surface area (Å²) in [6.45, 7) is 8.74. The van der Waals surface area contributed by atoms with Crippen LogP contribution in [0.3, 0.4) is 0 Å². The summed E-state index contributed by atoms with van der Waals surface area (Å²) in [6.07, 6.45) is 3.20. The molecule has 0 aliphatic rings. The normalized spacial score (nSPS) is 14.2. The molecule has 0 N–H and O–H groups in total. The molecule has 1 aromatic rings. The standard InChI is InChI=1S/C15H22O2Si/c1-5-13-9-7-8-10-14(13)11-17-18-15(6-2)12(3)16-4/h5,7-10,12,15H,1,6,11H2,2-4H3. The lowest BCUT2D eigenvalue weighted by atomic mass is 10.1. The van der Waals surface area contributed by atoms with E-state index < -0.39 is 0 Å². The summed E-state index contributed by atoms with van der Waals surface area (Å²) in [5.74, 6) is 0. The SMILES string of the molecule is C=Cc1ccccc1CO[Si]C(CC)C(C)OC. The molecule has 18 heavy (non-hydrogen) atoms. The second kappa shape index (κ2) is 8.24. The zero-order valence-electron chi connectivity index (χ0n) is 11.5. The van der Waals surface area contributed by atoms with Gasteiger partial charge < -0.3 is 9.16 Å². The van der Waals surface area contributed by atoms with Crippen LogP contribution in [0.2, 0.25) is 5.54 Å². The third kappa shape index (κ3) is 4.41. The fraction of sp³-hybridized carbons (Fsp3) is 0.467. The van der Waals surface area contributed by atoms with E-state index in [9.17, 15) is 0 Å². The van der Waals surface area contributed by atoms with Gasteiger partial charge in [-0.05, 0) is 18.1 Å². The van der Waals surface area contributed by atoms with Crippen LogP contribution in [-0.4, -0.2) is 23.0 Å². The Morgan fingerprint density at radius 2 is 2.11 bits per heavy atom. The first kappa shape index (κ1) is 15.2. The maximum absolute atomic E-state index is 5.84. The first-order valence-corrected chi connectivity index (χ1v) is 7.31. The molecule has 0 saturated carbocycles. The highest BCUT2D eigenvalue weighted by Gasteiger charge is 2.17. The Hall–Kier alpha value is -0.903. The molecule has 3 heteroatoms. The van der Waals surface area contributed by atoms with Gasteiger partial charge in [-0.3, -0.25) is 0 Å². The van der Waals surface area contributed by atoms with Crippen molar-refractivity contribution in [2.45, 2.75) is 38.5 Å². The molecule has 0 heterocycles. The lowest BCUT2D eigenvalue weighted by Crippen LogP contribution is -2.21. The molecule has 0 spiro atoms. The molecule has 0 aliphatic heterocycles. The van der Waals surface area contributed by atoms with Crippen molar-refractivity contribution >= 4 is 15.8 Å². The van der Waals surface area contributed by atoms with Crippen molar-refractivity contribution in [3.05, 3.63) is 42.0 Å². The van der Waals surface area contributed by atoms with E-state index in [2.05, 4.69) is 32.6 Å². The topological polar surface area (TPSA) is 18.5 Å². The molecule has 0 aliphatic carbocycles. The van der Waals surface area contributed by atoms with Crippen molar-refractivity contribution in [1.29, 1.82) is 0 Å². The highest BCUT2D eigenvalue weighted by atomic mass is 28.2. The predicted octanol–water partition coefficient (Wildman–Crippen LogP) is 3.70. The maximum atomic E-state index is 5.84. The van der Waals surface area contributed by atoms with Crippen LogP contribution in [-0.2, 0) is 15.8 Å². The highest BCUT2D eigenvalue weighted by molar-refractivity contribution is 6.29. The smallest absolute Gasteiger partial charge is 0.236 e. The summed E-state index contributed by atoms with van der Waals surface area (Å²) in [4.78, 5) is 0. The Morgan fingerprint density at radius 1 is 1.39 bits per heavy atom. The van der Waals surface area contributed by atoms with Crippen molar-refractivity contribution in [3.8, 4) is 0 Å². The number of benzene rings is 1. The van der Waals surface area contributed by atoms with Crippen molar-refractivity contribution in [1.82, 2.24) is 0 Å². The zero-order chi connectivity index (χ0) is 13.4. The second-order valence-corrected chi connectivity index (χ2v) is 5.53. The van der Waals surface area contributed by atoms with Crippen LogP contribution in [0.15, 0.2) is 30.8 Å². The molecule has 0 saturated heterocycles. The lowest BCUT2D eigenvalue weighted by Gasteiger charge is -2.20. The monoisotopic (exact) mass is 262 g/mol. The van der Waals surface area contributed by atoms with E-state index in [1.165, 1.54) is 5.56 Å². The van der Waals surface area contributed by atoms with Crippen LogP contribution in [0.25, 0.3) is 6.08 Å². The average molecular weight is 262 g/mol. The van der Waals surface area contributed by atoms with Crippen molar-refractivity contribution in [2.75, 3.05) is 7.11 Å². The van der Waals surface area contributed by atoms with Gasteiger partial charge in [0, 0.05) is 12.7 Å². The van der Waals surface area contributed by atoms with Gasteiger partial charge in [-0.1, -0.05) is 50.3 Å². The van der Waals surface area contributed by atoms with Gasteiger partial charge in [0.15, 0.2) is 0 Å². The van der Waals surface area contributed by atoms with Crippen molar-refractivity contribution in [3.63, 3.8) is 0 Å². The Kier molecular flexibility index (Phi) is 6.94. The van der Waals surface area contributed by atoms with Gasteiger partial charge in [-0.15, -0.1) is 0 Å². The van der Waals surface area contributed by atoms with E-state index >= 15 is 0 Å². The minimum absolute atomic E-state index is 0.253. The molecule has 2 radical (unpaired) electrons. The maximum Gasteiger partial charge on any atom is 0.236 e. The molecule has 0 aromatic heterocycles. The summed E-state index contributed by atoms with van der Waals surface area (Å²) < 4.78 is 11.2. The molecule has 0 bridgehead atoms. The van der Waals surface area contributed by atoms with E-state index in [0.29, 0.717) is 21.9 Å². The molecule has 0 amide bonds. The third-order valence-electron chi connectivity index (χ3n) is 3.12. The molecular weight excluding hydrogens is 240 g/mol. The van der Waals surface area contributed by atoms with Gasteiger partial charge in [0.1, 0.15) is 0 Å². The summed E-state index contributed by atoms with van der Waals surface area (Å²) in [5, 5.41) is 0. The number of hydrogen-bond donors (Lipinski definition) is 0. The molecule has 2 atom stereocenters. The van der Waals surface area contributed by atoms with Crippen LogP contribution in [0.4, 0.5) is 0 Å². The molecule has 1 rings (SSSR count). The fourth-order valence-electron chi connectivity index (χ4n) is 1.77. The Bertz CT molecular complexity index is 365. The number of ether oxygens (including phenoxy) is 1. The minimum Gasteiger partial charge on any atom is -0.413 e. The fourth-order valence-corrected chi connectivity index (χ4v) is 2.71. The largest absolute Gasteiger partial charge is 0.413 e. The van der Waals surface area contributed by atoms with Gasteiger partial charge in [0.25, 0.3) is 0 Å². The molecule has 1 aromatic carbocycles. The van der Waals surface area contributed by atoms with Crippen LogP contribution >= 0.6 is 0 Å². The third-order valence-corrected chi connectivity index (χ3v) is 4.61. The summed E-state index contributed by atoms with van der Waals surface area (Å²) >= 11 is 0. The van der Waals surface area contributed by atoms with Gasteiger partial charge in [0.2, 0.25) is 9.76 Å². The second-order valence-electron chi connectivity index (χ2n) is 4.27. The first-order chi connectivity index (χ1) is 8.72. The van der Waals surface area contributed by atoms with Crippen LogP contribution in [0, 0.1) is 0 Å². The predicted molar refractivity (Wildman–Crippen MR) is 77.6 cm³/mol. The Balaban J connectivity index is 2.47. The van der Waals surface area contributed by atoms with E-state index in [1.54, 1.807) is 7.11 Å². The molecule has 2 nitrogen and oxygen atoms in total. The van der Waals surface area contributed by atoms with Gasteiger partial charge in [-0.2, -0.15) is 0 Å². The van der Waals surface area contributed by atoms with Gasteiger partial charge in [-0.25, -0.2) is 0 Å². The quantitative estimate of drug-likeness (QED) is 0.665. The molecule has 98 valence electrons. The van der Waals surface area contributed by atoms with E-state index in [4.69, 9.17) is 9.16 Å². The Labute approximate surface area is 113 Å². The number of hydrogen-bond acceptors (Lipinski definition) is 2. The van der Waals surface area contributed by atoms with Crippen LogP contribution in [0.1, 0.15) is 31.4 Å². The Morgan fingerprint density at radius 3 is 2.72 bits per heavy atom. The van der Waals surface area contributed by atoms with Crippen LogP contribution in [0.5, 0.6) is 0 Å².